The normalized spacial score (nSPS) is 11.4. The highest BCUT2D eigenvalue weighted by Gasteiger charge is 2.05. The minimum Gasteiger partial charge on any atom is -0.381 e. The molecule has 0 fully saturated rings. The third-order valence-corrected chi connectivity index (χ3v) is 4.14. The van der Waals surface area contributed by atoms with Crippen LogP contribution in [0.5, 0.6) is 0 Å². The third-order valence-electron chi connectivity index (χ3n) is 2.82. The van der Waals surface area contributed by atoms with Gasteiger partial charge in [-0.05, 0) is 35.4 Å². The molecule has 0 radical (unpaired) electrons. The second kappa shape index (κ2) is 6.66. The number of sulfonamides is 1. The van der Waals surface area contributed by atoms with Crippen LogP contribution >= 0.6 is 23.2 Å². The van der Waals surface area contributed by atoms with E-state index >= 15 is 0 Å². The highest BCUT2D eigenvalue weighted by atomic mass is 35.5. The van der Waals surface area contributed by atoms with Crippen LogP contribution in [0.15, 0.2) is 42.5 Å². The summed E-state index contributed by atoms with van der Waals surface area (Å²) in [4.78, 5) is 0. The Morgan fingerprint density at radius 2 is 1.71 bits per heavy atom. The smallest absolute Gasteiger partial charge is 0.213 e. The maximum absolute atomic E-state index is 11.0. The van der Waals surface area contributed by atoms with Crippen molar-refractivity contribution in [2.75, 3.05) is 5.32 Å². The Morgan fingerprint density at radius 1 is 1.05 bits per heavy atom. The van der Waals surface area contributed by atoms with Crippen molar-refractivity contribution in [2.45, 2.75) is 12.3 Å². The van der Waals surface area contributed by atoms with Gasteiger partial charge in [0.2, 0.25) is 10.0 Å². The van der Waals surface area contributed by atoms with Crippen molar-refractivity contribution in [2.24, 2.45) is 5.14 Å². The van der Waals surface area contributed by atoms with Gasteiger partial charge in [0.05, 0.1) is 5.75 Å². The van der Waals surface area contributed by atoms with Gasteiger partial charge in [0.1, 0.15) is 0 Å². The van der Waals surface area contributed by atoms with Gasteiger partial charge >= 0.3 is 0 Å². The first kappa shape index (κ1) is 16.1. The Labute approximate surface area is 133 Å². The van der Waals surface area contributed by atoms with Crippen LogP contribution in [0, 0.1) is 0 Å². The van der Waals surface area contributed by atoms with Gasteiger partial charge in [0.25, 0.3) is 0 Å². The van der Waals surface area contributed by atoms with Crippen molar-refractivity contribution in [1.82, 2.24) is 0 Å². The lowest BCUT2D eigenvalue weighted by Gasteiger charge is -2.09. The second-order valence-electron chi connectivity index (χ2n) is 4.59. The fourth-order valence-electron chi connectivity index (χ4n) is 1.81. The Bertz CT molecular complexity index is 731. The summed E-state index contributed by atoms with van der Waals surface area (Å²) in [6.07, 6.45) is 0. The first-order valence-electron chi connectivity index (χ1n) is 6.11. The predicted molar refractivity (Wildman–Crippen MR) is 87.0 cm³/mol. The SMILES string of the molecule is NS(=O)(=O)Cc1ccc(NCc2ccc(Cl)cc2Cl)cc1. The van der Waals surface area contributed by atoms with E-state index in [9.17, 15) is 8.42 Å². The summed E-state index contributed by atoms with van der Waals surface area (Å²) in [6, 6.07) is 12.4. The molecule has 0 atom stereocenters. The van der Waals surface area contributed by atoms with Gasteiger partial charge in [-0.2, -0.15) is 0 Å². The molecule has 0 amide bonds. The topological polar surface area (TPSA) is 72.2 Å². The summed E-state index contributed by atoms with van der Waals surface area (Å²) in [5.41, 5.74) is 2.43. The molecule has 0 spiro atoms. The van der Waals surface area contributed by atoms with Gasteiger partial charge in [-0.1, -0.05) is 41.4 Å². The second-order valence-corrected chi connectivity index (χ2v) is 7.05. The van der Waals surface area contributed by atoms with E-state index in [4.69, 9.17) is 28.3 Å². The number of anilines is 1. The quantitative estimate of drug-likeness (QED) is 0.872. The summed E-state index contributed by atoms with van der Waals surface area (Å²) in [6.45, 7) is 0.546. The maximum atomic E-state index is 11.0. The zero-order valence-electron chi connectivity index (χ0n) is 11.0. The average molecular weight is 345 g/mol. The van der Waals surface area contributed by atoms with Crippen molar-refractivity contribution in [1.29, 1.82) is 0 Å². The summed E-state index contributed by atoms with van der Waals surface area (Å²) < 4.78 is 22.0. The van der Waals surface area contributed by atoms with Gasteiger partial charge < -0.3 is 5.32 Å². The van der Waals surface area contributed by atoms with Crippen LogP contribution in [0.4, 0.5) is 5.69 Å². The van der Waals surface area contributed by atoms with Crippen molar-refractivity contribution in [3.63, 3.8) is 0 Å². The van der Waals surface area contributed by atoms with Crippen LogP contribution in [0.2, 0.25) is 10.0 Å². The van der Waals surface area contributed by atoms with Crippen LogP contribution in [-0.4, -0.2) is 8.42 Å². The van der Waals surface area contributed by atoms with Crippen molar-refractivity contribution in [3.05, 3.63) is 63.6 Å². The fraction of sp³-hybridized carbons (Fsp3) is 0.143. The van der Waals surface area contributed by atoms with E-state index in [0.717, 1.165) is 11.3 Å². The molecule has 0 bridgehead atoms. The Morgan fingerprint density at radius 3 is 2.29 bits per heavy atom. The zero-order valence-corrected chi connectivity index (χ0v) is 13.3. The van der Waals surface area contributed by atoms with Gasteiger partial charge in [-0.25, -0.2) is 13.6 Å². The fourth-order valence-corrected chi connectivity index (χ4v) is 2.95. The van der Waals surface area contributed by atoms with Crippen LogP contribution in [0.3, 0.4) is 0 Å². The van der Waals surface area contributed by atoms with Crippen LogP contribution in [-0.2, 0) is 22.3 Å². The van der Waals surface area contributed by atoms with Gasteiger partial charge in [-0.3, -0.25) is 0 Å². The van der Waals surface area contributed by atoms with E-state index in [2.05, 4.69) is 5.32 Å². The lowest BCUT2D eigenvalue weighted by molar-refractivity contribution is 0.597. The lowest BCUT2D eigenvalue weighted by Crippen LogP contribution is -2.14. The first-order valence-corrected chi connectivity index (χ1v) is 8.58. The summed E-state index contributed by atoms with van der Waals surface area (Å²) in [5.74, 6) is -0.170. The molecule has 0 saturated heterocycles. The van der Waals surface area contributed by atoms with E-state index in [0.29, 0.717) is 22.2 Å². The van der Waals surface area contributed by atoms with Gasteiger partial charge in [0.15, 0.2) is 0 Å². The molecule has 2 aromatic rings. The molecule has 0 aliphatic rings. The lowest BCUT2D eigenvalue weighted by atomic mass is 10.2. The number of primary sulfonamides is 1. The molecule has 0 unspecified atom stereocenters. The average Bonchev–Trinajstić information content (AvgIpc) is 2.38. The number of nitrogens with two attached hydrogens (primary N) is 1. The number of benzene rings is 2. The Kier molecular flexibility index (Phi) is 5.11. The number of halogens is 2. The molecule has 7 heteroatoms. The summed E-state index contributed by atoms with van der Waals surface area (Å²) in [5, 5.41) is 9.39. The molecular weight excluding hydrogens is 331 g/mol. The maximum Gasteiger partial charge on any atom is 0.213 e. The molecule has 112 valence electrons. The monoisotopic (exact) mass is 344 g/mol. The molecule has 0 saturated carbocycles. The van der Waals surface area contributed by atoms with E-state index in [1.807, 2.05) is 6.07 Å². The van der Waals surface area contributed by atoms with Crippen LogP contribution in [0.25, 0.3) is 0 Å². The largest absolute Gasteiger partial charge is 0.381 e. The Hall–Kier alpha value is -1.27. The summed E-state index contributed by atoms with van der Waals surface area (Å²) in [7, 11) is -3.51. The van der Waals surface area contributed by atoms with E-state index in [1.165, 1.54) is 0 Å². The van der Waals surface area contributed by atoms with E-state index in [1.54, 1.807) is 36.4 Å². The first-order chi connectivity index (χ1) is 9.83. The number of hydrogen-bond donors (Lipinski definition) is 2. The molecular formula is C14H14Cl2N2O2S. The highest BCUT2D eigenvalue weighted by molar-refractivity contribution is 7.88. The highest BCUT2D eigenvalue weighted by Crippen LogP contribution is 2.22. The molecule has 0 aliphatic carbocycles. The Balaban J connectivity index is 2.00. The summed E-state index contributed by atoms with van der Waals surface area (Å²) >= 11 is 11.9. The number of rotatable bonds is 5. The minimum atomic E-state index is -3.51. The van der Waals surface area contributed by atoms with Crippen molar-refractivity contribution < 1.29 is 8.42 Å². The molecule has 0 aromatic heterocycles. The minimum absolute atomic E-state index is 0.170. The molecule has 0 heterocycles. The zero-order chi connectivity index (χ0) is 15.5. The van der Waals surface area contributed by atoms with Crippen molar-refractivity contribution in [3.8, 4) is 0 Å². The third kappa shape index (κ3) is 5.21. The molecule has 0 aliphatic heterocycles. The van der Waals surface area contributed by atoms with E-state index < -0.39 is 10.0 Å². The molecule has 2 aromatic carbocycles. The van der Waals surface area contributed by atoms with Crippen LogP contribution < -0.4 is 10.5 Å². The van der Waals surface area contributed by atoms with Gasteiger partial charge in [0, 0.05) is 22.3 Å². The van der Waals surface area contributed by atoms with Gasteiger partial charge in [-0.15, -0.1) is 0 Å². The number of hydrogen-bond acceptors (Lipinski definition) is 3. The molecule has 4 nitrogen and oxygen atoms in total. The molecule has 3 N–H and O–H groups in total. The molecule has 21 heavy (non-hydrogen) atoms. The van der Waals surface area contributed by atoms with E-state index in [-0.39, 0.29) is 5.75 Å². The molecule has 2 rings (SSSR count). The van der Waals surface area contributed by atoms with Crippen molar-refractivity contribution >= 4 is 38.9 Å². The van der Waals surface area contributed by atoms with Crippen LogP contribution in [0.1, 0.15) is 11.1 Å². The predicted octanol–water partition coefficient (Wildman–Crippen LogP) is 3.39. The number of nitrogens with one attached hydrogen (secondary N) is 1. The standard InChI is InChI=1S/C14H14Cl2N2O2S/c15-12-4-3-11(14(16)7-12)8-18-13-5-1-10(2-6-13)9-21(17,19)20/h1-7,18H,8-9H2,(H2,17,19,20).